The number of hydrogen-bond donors (Lipinski definition) is 1. The van der Waals surface area contributed by atoms with Gasteiger partial charge in [0.25, 0.3) is 0 Å². The lowest BCUT2D eigenvalue weighted by Crippen LogP contribution is -2.48. The predicted molar refractivity (Wildman–Crippen MR) is 79.6 cm³/mol. The Morgan fingerprint density at radius 3 is 2.79 bits per heavy atom. The quantitative estimate of drug-likeness (QED) is 0.853. The van der Waals surface area contributed by atoms with Gasteiger partial charge >= 0.3 is 0 Å². The average molecular weight is 262 g/mol. The first-order chi connectivity index (χ1) is 9.19. The maximum atomic E-state index is 5.43. The fourth-order valence-electron chi connectivity index (χ4n) is 3.11. The molecule has 3 nitrogen and oxygen atoms in total. The van der Waals surface area contributed by atoms with Gasteiger partial charge in [-0.2, -0.15) is 0 Å². The molecule has 1 aromatic rings. The van der Waals surface area contributed by atoms with Gasteiger partial charge in [-0.15, -0.1) is 0 Å². The van der Waals surface area contributed by atoms with Gasteiger partial charge in [-0.25, -0.2) is 0 Å². The first-order valence-electron chi connectivity index (χ1n) is 7.24. The molecule has 19 heavy (non-hydrogen) atoms. The second-order valence-electron chi connectivity index (χ2n) is 5.65. The van der Waals surface area contributed by atoms with Gasteiger partial charge in [-0.3, -0.25) is 0 Å². The Hall–Kier alpha value is -1.06. The summed E-state index contributed by atoms with van der Waals surface area (Å²) in [4.78, 5) is 2.40. The summed E-state index contributed by atoms with van der Waals surface area (Å²) in [7, 11) is 3.94. The number of nitrogens with zero attached hydrogens (tertiary/aromatic N) is 1. The van der Waals surface area contributed by atoms with Crippen molar-refractivity contribution in [3.63, 3.8) is 0 Å². The number of benzene rings is 1. The molecule has 1 N–H and O–H groups in total. The Bertz CT molecular complexity index is 399. The standard InChI is InChI=1S/C16H26N2O/c1-4-16(10-7-11-17-16)13-18(2)12-14-8-5-6-9-15(14)19-3/h5-6,8-9,17H,4,7,10-13H2,1-3H3. The Kier molecular flexibility index (Phi) is 4.83. The molecule has 0 amide bonds. The Morgan fingerprint density at radius 2 is 2.16 bits per heavy atom. The molecule has 106 valence electrons. The summed E-state index contributed by atoms with van der Waals surface area (Å²) >= 11 is 0. The summed E-state index contributed by atoms with van der Waals surface area (Å²) in [5.74, 6) is 0.985. The zero-order valence-corrected chi connectivity index (χ0v) is 12.4. The van der Waals surface area contributed by atoms with E-state index in [0.29, 0.717) is 5.54 Å². The fourth-order valence-corrected chi connectivity index (χ4v) is 3.11. The van der Waals surface area contributed by atoms with Crippen LogP contribution in [0.2, 0.25) is 0 Å². The molecule has 0 saturated carbocycles. The summed E-state index contributed by atoms with van der Waals surface area (Å²) in [5.41, 5.74) is 1.58. The summed E-state index contributed by atoms with van der Waals surface area (Å²) in [6.07, 6.45) is 3.79. The van der Waals surface area contributed by atoms with Crippen LogP contribution in [-0.2, 0) is 6.54 Å². The Morgan fingerprint density at radius 1 is 1.37 bits per heavy atom. The minimum absolute atomic E-state index is 0.316. The monoisotopic (exact) mass is 262 g/mol. The van der Waals surface area contributed by atoms with Gasteiger partial charge in [-0.1, -0.05) is 25.1 Å². The summed E-state index contributed by atoms with van der Waals surface area (Å²) in [5, 5.41) is 3.69. The second-order valence-corrected chi connectivity index (χ2v) is 5.65. The van der Waals surface area contributed by atoms with Crippen LogP contribution in [0, 0.1) is 0 Å². The highest BCUT2D eigenvalue weighted by molar-refractivity contribution is 5.33. The third kappa shape index (κ3) is 3.48. The van der Waals surface area contributed by atoms with E-state index in [4.69, 9.17) is 4.74 Å². The number of likely N-dealkylation sites (N-methyl/N-ethyl adjacent to an activating group) is 1. The molecule has 1 aromatic carbocycles. The van der Waals surface area contributed by atoms with Crippen molar-refractivity contribution in [3.05, 3.63) is 29.8 Å². The highest BCUT2D eigenvalue weighted by Gasteiger charge is 2.32. The third-order valence-corrected chi connectivity index (χ3v) is 4.21. The van der Waals surface area contributed by atoms with Crippen LogP contribution in [0.4, 0.5) is 0 Å². The topological polar surface area (TPSA) is 24.5 Å². The minimum Gasteiger partial charge on any atom is -0.496 e. The van der Waals surface area contributed by atoms with Crippen molar-refractivity contribution in [3.8, 4) is 5.75 Å². The van der Waals surface area contributed by atoms with E-state index in [1.807, 2.05) is 12.1 Å². The lowest BCUT2D eigenvalue weighted by Gasteiger charge is -2.33. The SMILES string of the molecule is CCC1(CN(C)Cc2ccccc2OC)CCCN1. The van der Waals surface area contributed by atoms with E-state index in [2.05, 4.69) is 36.3 Å². The highest BCUT2D eigenvalue weighted by Crippen LogP contribution is 2.25. The molecule has 3 heteroatoms. The van der Waals surface area contributed by atoms with Gasteiger partial charge in [0.05, 0.1) is 7.11 Å². The molecular weight excluding hydrogens is 236 g/mol. The van der Waals surface area contributed by atoms with E-state index >= 15 is 0 Å². The molecule has 0 aromatic heterocycles. The van der Waals surface area contributed by atoms with Crippen LogP contribution in [0.25, 0.3) is 0 Å². The summed E-state index contributed by atoms with van der Waals surface area (Å²) < 4.78 is 5.43. The molecule has 1 aliphatic rings. The molecule has 2 rings (SSSR count). The highest BCUT2D eigenvalue weighted by atomic mass is 16.5. The first kappa shape index (κ1) is 14.4. The number of para-hydroxylation sites is 1. The number of nitrogens with one attached hydrogen (secondary N) is 1. The maximum absolute atomic E-state index is 5.43. The minimum atomic E-state index is 0.316. The Labute approximate surface area is 116 Å². The number of ether oxygens (including phenoxy) is 1. The van der Waals surface area contributed by atoms with Gasteiger partial charge in [0.15, 0.2) is 0 Å². The predicted octanol–water partition coefficient (Wildman–Crippen LogP) is 2.66. The van der Waals surface area contributed by atoms with E-state index in [9.17, 15) is 0 Å². The second kappa shape index (κ2) is 6.40. The van der Waals surface area contributed by atoms with Crippen molar-refractivity contribution in [2.75, 3.05) is 27.2 Å². The van der Waals surface area contributed by atoms with Crippen LogP contribution in [0.3, 0.4) is 0 Å². The molecule has 1 atom stereocenters. The van der Waals surface area contributed by atoms with Gasteiger partial charge < -0.3 is 15.0 Å². The lowest BCUT2D eigenvalue weighted by atomic mass is 9.93. The summed E-state index contributed by atoms with van der Waals surface area (Å²) in [6, 6.07) is 8.28. The third-order valence-electron chi connectivity index (χ3n) is 4.21. The number of hydrogen-bond acceptors (Lipinski definition) is 3. The molecule has 0 aliphatic carbocycles. The van der Waals surface area contributed by atoms with Crippen LogP contribution in [0.1, 0.15) is 31.7 Å². The number of rotatable bonds is 6. The van der Waals surface area contributed by atoms with Crippen molar-refractivity contribution in [1.29, 1.82) is 0 Å². The van der Waals surface area contributed by atoms with Crippen molar-refractivity contribution in [2.45, 2.75) is 38.3 Å². The molecule has 1 aliphatic heterocycles. The van der Waals surface area contributed by atoms with E-state index < -0.39 is 0 Å². The average Bonchev–Trinajstić information content (AvgIpc) is 2.88. The molecule has 0 bridgehead atoms. The van der Waals surface area contributed by atoms with Crippen molar-refractivity contribution in [1.82, 2.24) is 10.2 Å². The van der Waals surface area contributed by atoms with Crippen LogP contribution < -0.4 is 10.1 Å². The summed E-state index contributed by atoms with van der Waals surface area (Å²) in [6.45, 7) is 5.49. The van der Waals surface area contributed by atoms with Gasteiger partial charge in [-0.05, 0) is 38.9 Å². The van der Waals surface area contributed by atoms with E-state index in [0.717, 1.165) is 25.4 Å². The van der Waals surface area contributed by atoms with Crippen molar-refractivity contribution < 1.29 is 4.74 Å². The van der Waals surface area contributed by atoms with Gasteiger partial charge in [0, 0.05) is 24.2 Å². The zero-order valence-electron chi connectivity index (χ0n) is 12.4. The maximum Gasteiger partial charge on any atom is 0.123 e. The van der Waals surface area contributed by atoms with Crippen LogP contribution >= 0.6 is 0 Å². The molecule has 1 unspecified atom stereocenters. The van der Waals surface area contributed by atoms with Gasteiger partial charge in [0.2, 0.25) is 0 Å². The molecule has 0 radical (unpaired) electrons. The smallest absolute Gasteiger partial charge is 0.123 e. The van der Waals surface area contributed by atoms with Crippen LogP contribution in [0.15, 0.2) is 24.3 Å². The van der Waals surface area contributed by atoms with Crippen molar-refractivity contribution >= 4 is 0 Å². The van der Waals surface area contributed by atoms with Crippen LogP contribution in [0.5, 0.6) is 5.75 Å². The van der Waals surface area contributed by atoms with Crippen molar-refractivity contribution in [2.24, 2.45) is 0 Å². The van der Waals surface area contributed by atoms with E-state index in [-0.39, 0.29) is 0 Å². The van der Waals surface area contributed by atoms with Crippen LogP contribution in [-0.4, -0.2) is 37.7 Å². The molecular formula is C16H26N2O. The normalized spacial score (nSPS) is 22.9. The molecule has 1 saturated heterocycles. The molecule has 1 fully saturated rings. The number of methoxy groups -OCH3 is 1. The fraction of sp³-hybridized carbons (Fsp3) is 0.625. The first-order valence-corrected chi connectivity index (χ1v) is 7.24. The van der Waals surface area contributed by atoms with Gasteiger partial charge in [0.1, 0.15) is 5.75 Å². The lowest BCUT2D eigenvalue weighted by molar-refractivity contribution is 0.212. The Balaban J connectivity index is 1.98. The largest absolute Gasteiger partial charge is 0.496 e. The van der Waals surface area contributed by atoms with E-state index in [1.54, 1.807) is 7.11 Å². The molecule has 0 spiro atoms. The zero-order chi connectivity index (χ0) is 13.7. The molecule has 1 heterocycles. The van der Waals surface area contributed by atoms with E-state index in [1.165, 1.54) is 24.8 Å².